The third kappa shape index (κ3) is 5.11. The molecule has 3 amide bonds. The highest BCUT2D eigenvalue weighted by Gasteiger charge is 2.53. The fourth-order valence-electron chi connectivity index (χ4n) is 6.49. The number of para-hydroxylation sites is 4. The number of amides is 3. The molecule has 10 nitrogen and oxygen atoms in total. The summed E-state index contributed by atoms with van der Waals surface area (Å²) in [4.78, 5) is 45.2. The first-order valence-electron chi connectivity index (χ1n) is 15.5. The van der Waals surface area contributed by atoms with Crippen molar-refractivity contribution in [3.63, 3.8) is 0 Å². The highest BCUT2D eigenvalue weighted by atomic mass is 16.5. The van der Waals surface area contributed by atoms with Gasteiger partial charge < -0.3 is 24.6 Å². The van der Waals surface area contributed by atoms with E-state index < -0.39 is 17.4 Å². The number of benzene rings is 4. The normalized spacial score (nSPS) is 19.3. The van der Waals surface area contributed by atoms with Crippen LogP contribution in [0.15, 0.2) is 103 Å². The van der Waals surface area contributed by atoms with Crippen molar-refractivity contribution in [1.82, 2.24) is 0 Å². The summed E-state index contributed by atoms with van der Waals surface area (Å²) < 4.78 is 11.2. The third-order valence-electron chi connectivity index (χ3n) is 8.81. The summed E-state index contributed by atoms with van der Waals surface area (Å²) in [6, 6.07) is 27.1. The van der Waals surface area contributed by atoms with E-state index >= 15 is 0 Å². The summed E-state index contributed by atoms with van der Waals surface area (Å²) >= 11 is 0. The second-order valence-electron chi connectivity index (χ2n) is 11.7. The van der Waals surface area contributed by atoms with Crippen LogP contribution in [-0.2, 0) is 26.5 Å². The van der Waals surface area contributed by atoms with Crippen LogP contribution in [0.25, 0.3) is 0 Å². The lowest BCUT2D eigenvalue weighted by atomic mass is 9.82. The van der Waals surface area contributed by atoms with Crippen molar-refractivity contribution in [2.75, 3.05) is 34.5 Å². The number of hydrogen-bond donors (Lipinski definition) is 2. The Hall–Kier alpha value is -5.45. The summed E-state index contributed by atoms with van der Waals surface area (Å²) in [6.07, 6.45) is 3.84. The third-order valence-corrected chi connectivity index (χ3v) is 8.81. The molecule has 0 fully saturated rings. The average molecular weight is 632 g/mol. The van der Waals surface area contributed by atoms with E-state index in [1.165, 1.54) is 0 Å². The van der Waals surface area contributed by atoms with Crippen molar-refractivity contribution in [2.24, 2.45) is 5.92 Å². The number of nitrogens with zero attached hydrogens (tertiary/aromatic N) is 3. The van der Waals surface area contributed by atoms with Gasteiger partial charge >= 0.3 is 0 Å². The molecule has 0 unspecified atom stereocenters. The molecule has 4 aromatic rings. The number of fused-ring (bicyclic) bond motifs is 3. The van der Waals surface area contributed by atoms with E-state index in [1.807, 2.05) is 60.7 Å². The zero-order valence-electron chi connectivity index (χ0n) is 25.7. The molecule has 3 aliphatic rings. The van der Waals surface area contributed by atoms with Gasteiger partial charge in [0.25, 0.3) is 17.7 Å². The second-order valence-corrected chi connectivity index (χ2v) is 11.7. The zero-order chi connectivity index (χ0) is 32.7. The molecule has 0 aromatic heterocycles. The lowest BCUT2D eigenvalue weighted by Crippen LogP contribution is -2.44. The summed E-state index contributed by atoms with van der Waals surface area (Å²) in [5, 5.41) is 21.6. The lowest BCUT2D eigenvalue weighted by molar-refractivity contribution is -0.139. The minimum atomic E-state index is -1.96. The fraction of sp³-hybridized carbons (Fsp3) is 0.216. The van der Waals surface area contributed by atoms with Gasteiger partial charge in [0.2, 0.25) is 0 Å². The van der Waals surface area contributed by atoms with Gasteiger partial charge in [-0.15, -0.1) is 0 Å². The molecular weight excluding hydrogens is 598 g/mol. The lowest BCUT2D eigenvalue weighted by Gasteiger charge is -2.31. The standard InChI is InChI=1S/C37H33N3O7/c1-24(9-6-7-18-41)37(45)28-20-27(40-31-13-3-5-15-33(31)47-23-35(40)43)16-17-29(28)38(36(37)44)21-25-10-8-11-26(19-25)39-30-12-2-4-14-32(30)46-22-34(39)42/h2-6,8-17,19-20,24,41,45H,7,18,21-23H2,1H3/b9-6+/t24-,37+/m0/s1. The first kappa shape index (κ1) is 30.2. The highest BCUT2D eigenvalue weighted by molar-refractivity contribution is 6.09. The number of aliphatic hydroxyl groups excluding tert-OH is 1. The molecule has 0 bridgehead atoms. The van der Waals surface area contributed by atoms with Crippen LogP contribution >= 0.6 is 0 Å². The molecule has 3 heterocycles. The van der Waals surface area contributed by atoms with Gasteiger partial charge in [0.15, 0.2) is 18.8 Å². The Morgan fingerprint density at radius 1 is 0.787 bits per heavy atom. The van der Waals surface area contributed by atoms with Gasteiger partial charge in [0.05, 0.1) is 23.6 Å². The smallest absolute Gasteiger partial charge is 0.269 e. The monoisotopic (exact) mass is 631 g/mol. The van der Waals surface area contributed by atoms with Crippen LogP contribution in [-0.4, -0.2) is 47.8 Å². The molecule has 2 N–H and O–H groups in total. The van der Waals surface area contributed by atoms with Crippen LogP contribution in [0.1, 0.15) is 24.5 Å². The summed E-state index contributed by atoms with van der Waals surface area (Å²) in [5.74, 6) is -0.512. The molecule has 0 spiro atoms. The highest BCUT2D eigenvalue weighted by Crippen LogP contribution is 2.49. The largest absolute Gasteiger partial charge is 0.482 e. The van der Waals surface area contributed by atoms with E-state index in [4.69, 9.17) is 9.47 Å². The number of anilines is 5. The molecular formula is C37H33N3O7. The Balaban J connectivity index is 1.28. The number of ether oxygens (including phenoxy) is 2. The van der Waals surface area contributed by atoms with Crippen molar-refractivity contribution in [3.8, 4) is 11.5 Å². The zero-order valence-corrected chi connectivity index (χ0v) is 25.7. The van der Waals surface area contributed by atoms with E-state index in [0.717, 1.165) is 5.56 Å². The topological polar surface area (TPSA) is 120 Å². The first-order valence-corrected chi connectivity index (χ1v) is 15.5. The number of carbonyl (C=O) groups is 3. The van der Waals surface area contributed by atoms with E-state index in [-0.39, 0.29) is 38.2 Å². The quantitative estimate of drug-likeness (QED) is 0.260. The molecule has 0 radical (unpaired) electrons. The van der Waals surface area contributed by atoms with Gasteiger partial charge in [-0.05, 0) is 66.6 Å². The van der Waals surface area contributed by atoms with Crippen LogP contribution in [0.2, 0.25) is 0 Å². The predicted octanol–water partition coefficient (Wildman–Crippen LogP) is 5.11. The molecule has 3 aliphatic heterocycles. The molecule has 2 atom stereocenters. The van der Waals surface area contributed by atoms with Crippen LogP contribution in [0.3, 0.4) is 0 Å². The predicted molar refractivity (Wildman–Crippen MR) is 176 cm³/mol. The molecule has 238 valence electrons. The Kier molecular flexibility index (Phi) is 7.75. The Morgan fingerprint density at radius 2 is 1.40 bits per heavy atom. The maximum absolute atomic E-state index is 14.3. The van der Waals surface area contributed by atoms with Crippen LogP contribution < -0.4 is 24.2 Å². The van der Waals surface area contributed by atoms with Crippen LogP contribution in [0.5, 0.6) is 11.5 Å². The molecule has 10 heteroatoms. The van der Waals surface area contributed by atoms with Crippen LogP contribution in [0.4, 0.5) is 28.4 Å². The molecule has 47 heavy (non-hydrogen) atoms. The number of aliphatic hydroxyl groups is 2. The van der Waals surface area contributed by atoms with Gasteiger partial charge in [0.1, 0.15) is 11.5 Å². The fourth-order valence-corrected chi connectivity index (χ4v) is 6.49. The van der Waals surface area contributed by atoms with Crippen LogP contribution in [0, 0.1) is 5.92 Å². The Bertz CT molecular complexity index is 1920. The van der Waals surface area contributed by atoms with Gasteiger partial charge in [-0.1, -0.05) is 55.5 Å². The van der Waals surface area contributed by atoms with Gasteiger partial charge in [-0.2, -0.15) is 0 Å². The van der Waals surface area contributed by atoms with Gasteiger partial charge in [0, 0.05) is 29.5 Å². The number of carbonyl (C=O) groups excluding carboxylic acids is 3. The second kappa shape index (κ2) is 12.1. The molecule has 0 saturated heterocycles. The maximum Gasteiger partial charge on any atom is 0.269 e. The average Bonchev–Trinajstić information content (AvgIpc) is 3.30. The Labute approximate surface area is 271 Å². The minimum Gasteiger partial charge on any atom is -0.482 e. The van der Waals surface area contributed by atoms with E-state index in [2.05, 4.69) is 0 Å². The summed E-state index contributed by atoms with van der Waals surface area (Å²) in [7, 11) is 0. The molecule has 7 rings (SSSR count). The summed E-state index contributed by atoms with van der Waals surface area (Å²) in [5.41, 5.74) is 1.99. The SMILES string of the molecule is C[C@@H](/C=C/CCO)[C@]1(O)C(=O)N(Cc2cccc(N3C(=O)COc4ccccc43)c2)c2ccc(N3C(=O)COc4ccccc43)cc21. The summed E-state index contributed by atoms with van der Waals surface area (Å²) in [6.45, 7) is 1.58. The van der Waals surface area contributed by atoms with Crippen molar-refractivity contribution >= 4 is 46.2 Å². The van der Waals surface area contributed by atoms with Gasteiger partial charge in [-0.25, -0.2) is 0 Å². The minimum absolute atomic E-state index is 0.0620. The molecule has 4 aromatic carbocycles. The first-order chi connectivity index (χ1) is 22.8. The van der Waals surface area contributed by atoms with E-state index in [9.17, 15) is 24.6 Å². The van der Waals surface area contributed by atoms with E-state index in [1.54, 1.807) is 64.1 Å². The maximum atomic E-state index is 14.3. The van der Waals surface area contributed by atoms with Gasteiger partial charge in [-0.3, -0.25) is 24.2 Å². The number of rotatable bonds is 8. The number of hydrogen-bond acceptors (Lipinski definition) is 7. The Morgan fingerprint density at radius 3 is 2.04 bits per heavy atom. The van der Waals surface area contributed by atoms with Crippen molar-refractivity contribution in [2.45, 2.75) is 25.5 Å². The molecule has 0 aliphatic carbocycles. The van der Waals surface area contributed by atoms with Crippen molar-refractivity contribution < 1.29 is 34.1 Å². The van der Waals surface area contributed by atoms with Crippen molar-refractivity contribution in [3.05, 3.63) is 114 Å². The van der Waals surface area contributed by atoms with Crippen molar-refractivity contribution in [1.29, 1.82) is 0 Å². The van der Waals surface area contributed by atoms with E-state index in [0.29, 0.717) is 51.9 Å². The molecule has 0 saturated carbocycles.